The van der Waals surface area contributed by atoms with Crippen LogP contribution in [0.25, 0.3) is 10.9 Å². The average molecular weight is 455 g/mol. The fourth-order valence-electron chi connectivity index (χ4n) is 3.77. The molecule has 1 aliphatic heterocycles. The summed E-state index contributed by atoms with van der Waals surface area (Å²) in [5, 5.41) is 5.36. The summed E-state index contributed by atoms with van der Waals surface area (Å²) in [5.41, 5.74) is 7.10. The number of nitrogens with one attached hydrogen (secondary N) is 1. The maximum absolute atomic E-state index is 6.07. The second-order valence-electron chi connectivity index (χ2n) is 8.19. The molecule has 2 aromatic carbocycles. The molecular formula is C26H26N6O2. The lowest BCUT2D eigenvalue weighted by molar-refractivity contribution is 0.122. The van der Waals surface area contributed by atoms with Gasteiger partial charge < -0.3 is 14.4 Å². The van der Waals surface area contributed by atoms with Crippen molar-refractivity contribution in [3.05, 3.63) is 77.5 Å². The predicted molar refractivity (Wildman–Crippen MR) is 134 cm³/mol. The number of hydrazone groups is 1. The first-order chi connectivity index (χ1) is 16.6. The normalized spacial score (nSPS) is 14.0. The Morgan fingerprint density at radius 3 is 2.71 bits per heavy atom. The van der Waals surface area contributed by atoms with Crippen molar-refractivity contribution in [2.24, 2.45) is 5.10 Å². The molecule has 2 aromatic heterocycles. The zero-order valence-corrected chi connectivity index (χ0v) is 19.2. The Bertz CT molecular complexity index is 1330. The van der Waals surface area contributed by atoms with Gasteiger partial charge in [0.1, 0.15) is 11.6 Å². The van der Waals surface area contributed by atoms with Gasteiger partial charge in [0, 0.05) is 30.2 Å². The van der Waals surface area contributed by atoms with Crippen molar-refractivity contribution >= 4 is 28.8 Å². The standard InChI is InChI=1S/C26H26N6O2/c1-18-4-3-5-20(14-18)17-27-31-24-16-25(32-10-12-33-13-11-32)30-26(29-24)34-22-8-9-23-21(15-22)7-6-19(2)28-23/h3-9,14-17H,10-13H2,1-2H3,(H,29,30,31)/b27-17+. The van der Waals surface area contributed by atoms with Crippen molar-refractivity contribution < 1.29 is 9.47 Å². The minimum absolute atomic E-state index is 0.247. The van der Waals surface area contributed by atoms with Gasteiger partial charge in [-0.2, -0.15) is 15.1 Å². The van der Waals surface area contributed by atoms with Gasteiger partial charge in [-0.3, -0.25) is 10.4 Å². The highest BCUT2D eigenvalue weighted by Gasteiger charge is 2.16. The number of ether oxygens (including phenoxy) is 2. The molecule has 3 heterocycles. The Kier molecular flexibility index (Phi) is 6.31. The number of pyridine rings is 1. The van der Waals surface area contributed by atoms with Crippen LogP contribution >= 0.6 is 0 Å². The summed E-state index contributed by atoms with van der Waals surface area (Å²) in [6, 6.07) is 20.0. The molecule has 1 saturated heterocycles. The first-order valence-electron chi connectivity index (χ1n) is 11.3. The fraction of sp³-hybridized carbons (Fsp3) is 0.231. The first-order valence-corrected chi connectivity index (χ1v) is 11.3. The molecular weight excluding hydrogens is 428 g/mol. The summed E-state index contributed by atoms with van der Waals surface area (Å²) < 4.78 is 11.6. The predicted octanol–water partition coefficient (Wildman–Crippen LogP) is 4.72. The van der Waals surface area contributed by atoms with E-state index in [0.29, 0.717) is 24.8 Å². The molecule has 0 amide bonds. The molecule has 0 aliphatic carbocycles. The fourth-order valence-corrected chi connectivity index (χ4v) is 3.77. The number of benzene rings is 2. The summed E-state index contributed by atoms with van der Waals surface area (Å²) in [4.78, 5) is 15.9. The van der Waals surface area contributed by atoms with E-state index in [0.717, 1.165) is 41.1 Å². The quantitative estimate of drug-likeness (QED) is 0.333. The first kappa shape index (κ1) is 21.8. The molecule has 0 radical (unpaired) electrons. The molecule has 34 heavy (non-hydrogen) atoms. The lowest BCUT2D eigenvalue weighted by atomic mass is 10.2. The second-order valence-corrected chi connectivity index (χ2v) is 8.19. The largest absolute Gasteiger partial charge is 0.424 e. The summed E-state index contributed by atoms with van der Waals surface area (Å²) in [7, 11) is 0. The number of hydrogen-bond acceptors (Lipinski definition) is 8. The number of anilines is 2. The average Bonchev–Trinajstić information content (AvgIpc) is 2.85. The molecule has 1 aliphatic rings. The molecule has 0 saturated carbocycles. The Hall–Kier alpha value is -4.04. The van der Waals surface area contributed by atoms with Crippen LogP contribution < -0.4 is 15.1 Å². The minimum atomic E-state index is 0.247. The number of aryl methyl sites for hydroxylation is 2. The molecule has 0 spiro atoms. The van der Waals surface area contributed by atoms with Crippen LogP contribution in [0.15, 0.2) is 65.8 Å². The molecule has 0 bridgehead atoms. The summed E-state index contributed by atoms with van der Waals surface area (Å²) in [6.45, 7) is 6.85. The van der Waals surface area contributed by atoms with Crippen LogP contribution in [0.2, 0.25) is 0 Å². The van der Waals surface area contributed by atoms with Crippen LogP contribution in [0, 0.1) is 13.8 Å². The zero-order chi connectivity index (χ0) is 23.3. The van der Waals surface area contributed by atoms with E-state index in [4.69, 9.17) is 9.47 Å². The number of morpholine rings is 1. The summed E-state index contributed by atoms with van der Waals surface area (Å²) in [6.07, 6.45) is 1.77. The van der Waals surface area contributed by atoms with Crippen molar-refractivity contribution in [2.45, 2.75) is 13.8 Å². The van der Waals surface area contributed by atoms with Crippen molar-refractivity contribution in [3.63, 3.8) is 0 Å². The lowest BCUT2D eigenvalue weighted by Crippen LogP contribution is -2.36. The SMILES string of the molecule is Cc1cccc(/C=N/Nc2cc(N3CCOCC3)nc(Oc3ccc4nc(C)ccc4c3)n2)c1. The molecule has 8 nitrogen and oxygen atoms in total. The van der Waals surface area contributed by atoms with Gasteiger partial charge in [0.25, 0.3) is 0 Å². The van der Waals surface area contributed by atoms with Crippen LogP contribution in [-0.2, 0) is 4.74 Å². The van der Waals surface area contributed by atoms with E-state index in [9.17, 15) is 0 Å². The molecule has 5 rings (SSSR count). The monoisotopic (exact) mass is 454 g/mol. The molecule has 0 atom stereocenters. The summed E-state index contributed by atoms with van der Waals surface area (Å²) in [5.74, 6) is 1.96. The van der Waals surface area contributed by atoms with Crippen LogP contribution in [0.3, 0.4) is 0 Å². The topological polar surface area (TPSA) is 84.8 Å². The van der Waals surface area contributed by atoms with Gasteiger partial charge in [-0.15, -0.1) is 0 Å². The van der Waals surface area contributed by atoms with Crippen LogP contribution in [-0.4, -0.2) is 47.5 Å². The van der Waals surface area contributed by atoms with Gasteiger partial charge in [-0.1, -0.05) is 35.9 Å². The third kappa shape index (κ3) is 5.29. The number of fused-ring (bicyclic) bond motifs is 1. The van der Waals surface area contributed by atoms with E-state index in [2.05, 4.69) is 49.4 Å². The van der Waals surface area contributed by atoms with E-state index in [-0.39, 0.29) is 6.01 Å². The van der Waals surface area contributed by atoms with Gasteiger partial charge in [0.05, 0.1) is 24.9 Å². The molecule has 172 valence electrons. The van der Waals surface area contributed by atoms with E-state index in [1.807, 2.05) is 55.5 Å². The van der Waals surface area contributed by atoms with E-state index >= 15 is 0 Å². The third-order valence-corrected chi connectivity index (χ3v) is 5.47. The highest BCUT2D eigenvalue weighted by atomic mass is 16.5. The smallest absolute Gasteiger partial charge is 0.325 e. The Morgan fingerprint density at radius 1 is 0.971 bits per heavy atom. The van der Waals surface area contributed by atoms with Crippen LogP contribution in [0.4, 0.5) is 11.6 Å². The highest BCUT2D eigenvalue weighted by Crippen LogP contribution is 2.26. The van der Waals surface area contributed by atoms with Gasteiger partial charge in [0.15, 0.2) is 5.82 Å². The minimum Gasteiger partial charge on any atom is -0.424 e. The van der Waals surface area contributed by atoms with Gasteiger partial charge >= 0.3 is 6.01 Å². The van der Waals surface area contributed by atoms with Crippen molar-refractivity contribution in [2.75, 3.05) is 36.6 Å². The van der Waals surface area contributed by atoms with Crippen LogP contribution in [0.1, 0.15) is 16.8 Å². The van der Waals surface area contributed by atoms with Crippen molar-refractivity contribution in [1.29, 1.82) is 0 Å². The molecule has 4 aromatic rings. The zero-order valence-electron chi connectivity index (χ0n) is 19.2. The second kappa shape index (κ2) is 9.84. The number of hydrogen-bond donors (Lipinski definition) is 1. The highest BCUT2D eigenvalue weighted by molar-refractivity contribution is 5.81. The molecule has 1 N–H and O–H groups in total. The third-order valence-electron chi connectivity index (χ3n) is 5.47. The van der Waals surface area contributed by atoms with Gasteiger partial charge in [0.2, 0.25) is 0 Å². The van der Waals surface area contributed by atoms with E-state index in [1.54, 1.807) is 6.21 Å². The molecule has 8 heteroatoms. The maximum Gasteiger partial charge on any atom is 0.325 e. The number of nitrogens with zero attached hydrogens (tertiary/aromatic N) is 5. The van der Waals surface area contributed by atoms with Crippen LogP contribution in [0.5, 0.6) is 11.8 Å². The van der Waals surface area contributed by atoms with Crippen molar-refractivity contribution in [3.8, 4) is 11.8 Å². The molecule has 0 unspecified atom stereocenters. The van der Waals surface area contributed by atoms with E-state index in [1.165, 1.54) is 5.56 Å². The molecule has 1 fully saturated rings. The van der Waals surface area contributed by atoms with Gasteiger partial charge in [-0.25, -0.2) is 0 Å². The lowest BCUT2D eigenvalue weighted by Gasteiger charge is -2.28. The maximum atomic E-state index is 6.07. The van der Waals surface area contributed by atoms with E-state index < -0.39 is 0 Å². The number of rotatable bonds is 6. The van der Waals surface area contributed by atoms with Crippen molar-refractivity contribution in [1.82, 2.24) is 15.0 Å². The Balaban J connectivity index is 1.41. The van der Waals surface area contributed by atoms with Gasteiger partial charge in [-0.05, 0) is 43.7 Å². The Morgan fingerprint density at radius 2 is 1.85 bits per heavy atom. The summed E-state index contributed by atoms with van der Waals surface area (Å²) >= 11 is 0. The number of aromatic nitrogens is 3. The Labute approximate surface area is 198 Å².